The fourth-order valence-corrected chi connectivity index (χ4v) is 3.52. The first-order valence-electron chi connectivity index (χ1n) is 9.02. The molecule has 1 aromatic carbocycles. The number of aliphatic hydroxyl groups is 1. The van der Waals surface area contributed by atoms with Crippen molar-refractivity contribution >= 4 is 0 Å². The van der Waals surface area contributed by atoms with Crippen molar-refractivity contribution in [2.75, 3.05) is 39.5 Å². The van der Waals surface area contributed by atoms with Crippen LogP contribution in [0.5, 0.6) is 5.75 Å². The van der Waals surface area contributed by atoms with Crippen LogP contribution in [0, 0.1) is 0 Å². The average molecular weight is 319 g/mol. The van der Waals surface area contributed by atoms with Crippen LogP contribution in [-0.2, 0) is 10.3 Å². The van der Waals surface area contributed by atoms with Crippen molar-refractivity contribution in [1.29, 1.82) is 0 Å². The Labute approximate surface area is 139 Å². The van der Waals surface area contributed by atoms with Crippen molar-refractivity contribution in [1.82, 2.24) is 4.90 Å². The van der Waals surface area contributed by atoms with Gasteiger partial charge in [-0.1, -0.05) is 18.6 Å². The van der Waals surface area contributed by atoms with E-state index < -0.39 is 5.60 Å². The molecule has 2 fully saturated rings. The molecule has 1 N–H and O–H groups in total. The summed E-state index contributed by atoms with van der Waals surface area (Å²) in [5.41, 5.74) is 0.242. The quantitative estimate of drug-likeness (QED) is 0.819. The van der Waals surface area contributed by atoms with Gasteiger partial charge in [-0.25, -0.2) is 0 Å². The third-order valence-corrected chi connectivity index (χ3v) is 5.05. The van der Waals surface area contributed by atoms with Crippen LogP contribution in [0.15, 0.2) is 24.3 Å². The number of nitrogens with zero attached hydrogens (tertiary/aromatic N) is 1. The van der Waals surface area contributed by atoms with Gasteiger partial charge in [-0.2, -0.15) is 0 Å². The smallest absolute Gasteiger partial charge is 0.119 e. The lowest BCUT2D eigenvalue weighted by molar-refractivity contribution is -0.0679. The predicted octanol–water partition coefficient (Wildman–Crippen LogP) is 2.94. The lowest BCUT2D eigenvalue weighted by Crippen LogP contribution is -2.33. The van der Waals surface area contributed by atoms with Gasteiger partial charge in [-0.3, -0.25) is 0 Å². The Hall–Kier alpha value is -1.10. The van der Waals surface area contributed by atoms with E-state index in [0.717, 1.165) is 30.9 Å². The number of hydrogen-bond acceptors (Lipinski definition) is 4. The highest BCUT2D eigenvalue weighted by atomic mass is 16.5. The Morgan fingerprint density at radius 1 is 1.04 bits per heavy atom. The molecule has 0 amide bonds. The molecule has 128 valence electrons. The average Bonchev–Trinajstić information content (AvgIpc) is 2.61. The van der Waals surface area contributed by atoms with Crippen molar-refractivity contribution in [3.8, 4) is 5.75 Å². The molecular weight excluding hydrogens is 290 g/mol. The van der Waals surface area contributed by atoms with Gasteiger partial charge in [-0.15, -0.1) is 0 Å². The zero-order valence-electron chi connectivity index (χ0n) is 14.0. The zero-order valence-corrected chi connectivity index (χ0v) is 14.0. The maximum atomic E-state index is 10.7. The molecule has 2 aliphatic rings. The molecule has 2 aliphatic heterocycles. The molecule has 2 saturated heterocycles. The van der Waals surface area contributed by atoms with Gasteiger partial charge in [0.25, 0.3) is 0 Å². The van der Waals surface area contributed by atoms with Gasteiger partial charge < -0.3 is 19.5 Å². The fraction of sp³-hybridized carbons (Fsp3) is 0.684. The summed E-state index contributed by atoms with van der Waals surface area (Å²) < 4.78 is 11.2. The molecule has 23 heavy (non-hydrogen) atoms. The molecule has 0 radical (unpaired) electrons. The van der Waals surface area contributed by atoms with Crippen LogP contribution in [0.25, 0.3) is 0 Å². The molecule has 2 heterocycles. The molecule has 4 nitrogen and oxygen atoms in total. The van der Waals surface area contributed by atoms with E-state index in [1.807, 2.05) is 24.3 Å². The molecule has 3 rings (SSSR count). The van der Waals surface area contributed by atoms with Crippen molar-refractivity contribution < 1.29 is 14.6 Å². The minimum absolute atomic E-state index is 0.630. The third-order valence-electron chi connectivity index (χ3n) is 5.05. The molecule has 0 unspecified atom stereocenters. The monoisotopic (exact) mass is 319 g/mol. The van der Waals surface area contributed by atoms with Gasteiger partial charge in [-0.05, 0) is 50.0 Å². The predicted molar refractivity (Wildman–Crippen MR) is 90.8 cm³/mol. The molecular formula is C19H29NO3. The molecule has 0 spiro atoms. The fourth-order valence-electron chi connectivity index (χ4n) is 3.52. The van der Waals surface area contributed by atoms with Crippen molar-refractivity contribution in [2.24, 2.45) is 0 Å². The van der Waals surface area contributed by atoms with Crippen molar-refractivity contribution in [3.05, 3.63) is 29.8 Å². The number of rotatable bonds is 6. The van der Waals surface area contributed by atoms with Gasteiger partial charge in [0.15, 0.2) is 0 Å². The Morgan fingerprint density at radius 3 is 2.43 bits per heavy atom. The normalized spacial score (nSPS) is 22.0. The first kappa shape index (κ1) is 16.7. The third kappa shape index (κ3) is 4.69. The highest BCUT2D eigenvalue weighted by Gasteiger charge is 2.31. The highest BCUT2D eigenvalue weighted by molar-refractivity contribution is 5.31. The van der Waals surface area contributed by atoms with Crippen LogP contribution in [0.4, 0.5) is 0 Å². The summed E-state index contributed by atoms with van der Waals surface area (Å²) >= 11 is 0. The summed E-state index contributed by atoms with van der Waals surface area (Å²) in [6.45, 7) is 5.65. The number of benzene rings is 1. The van der Waals surface area contributed by atoms with Crippen LogP contribution < -0.4 is 4.74 Å². The molecule has 0 atom stereocenters. The summed E-state index contributed by atoms with van der Waals surface area (Å²) in [6, 6.07) is 7.93. The van der Waals surface area contributed by atoms with E-state index in [0.29, 0.717) is 26.1 Å². The Balaban J connectivity index is 1.42. The molecule has 0 aliphatic carbocycles. The minimum atomic E-state index is -0.731. The first-order valence-corrected chi connectivity index (χ1v) is 9.02. The second-order valence-corrected chi connectivity index (χ2v) is 6.77. The van der Waals surface area contributed by atoms with Gasteiger partial charge >= 0.3 is 0 Å². The van der Waals surface area contributed by atoms with Crippen LogP contribution in [-0.4, -0.2) is 49.5 Å². The SMILES string of the molecule is OC1(c2ccc(OCCCN3CCCCC3)cc2)CCOCC1. The lowest BCUT2D eigenvalue weighted by Gasteiger charge is -2.32. The highest BCUT2D eigenvalue weighted by Crippen LogP contribution is 2.32. The van der Waals surface area contributed by atoms with E-state index in [4.69, 9.17) is 9.47 Å². The van der Waals surface area contributed by atoms with E-state index in [9.17, 15) is 5.11 Å². The number of piperidine rings is 1. The second kappa shape index (κ2) is 8.13. The summed E-state index contributed by atoms with van der Waals surface area (Å²) in [6.07, 6.45) is 6.49. The number of likely N-dealkylation sites (tertiary alicyclic amines) is 1. The Kier molecular flexibility index (Phi) is 5.92. The molecule has 0 aromatic heterocycles. The Morgan fingerprint density at radius 2 is 1.74 bits per heavy atom. The van der Waals surface area contributed by atoms with Crippen LogP contribution in [0.3, 0.4) is 0 Å². The van der Waals surface area contributed by atoms with E-state index in [1.165, 1.54) is 32.4 Å². The van der Waals surface area contributed by atoms with E-state index in [-0.39, 0.29) is 0 Å². The maximum Gasteiger partial charge on any atom is 0.119 e. The summed E-state index contributed by atoms with van der Waals surface area (Å²) in [4.78, 5) is 2.54. The minimum Gasteiger partial charge on any atom is -0.494 e. The van der Waals surface area contributed by atoms with Crippen LogP contribution >= 0.6 is 0 Å². The summed E-state index contributed by atoms with van der Waals surface area (Å²) in [5.74, 6) is 0.892. The van der Waals surface area contributed by atoms with Gasteiger partial charge in [0.2, 0.25) is 0 Å². The largest absolute Gasteiger partial charge is 0.494 e. The van der Waals surface area contributed by atoms with Crippen LogP contribution in [0.2, 0.25) is 0 Å². The summed E-state index contributed by atoms with van der Waals surface area (Å²) in [7, 11) is 0. The first-order chi connectivity index (χ1) is 11.3. The molecule has 1 aromatic rings. The van der Waals surface area contributed by atoms with E-state index in [2.05, 4.69) is 4.90 Å². The van der Waals surface area contributed by atoms with Gasteiger partial charge in [0.1, 0.15) is 5.75 Å². The van der Waals surface area contributed by atoms with Crippen molar-refractivity contribution in [3.63, 3.8) is 0 Å². The maximum absolute atomic E-state index is 10.7. The van der Waals surface area contributed by atoms with Crippen LogP contribution in [0.1, 0.15) is 44.1 Å². The topological polar surface area (TPSA) is 41.9 Å². The lowest BCUT2D eigenvalue weighted by atomic mass is 9.86. The standard InChI is InChI=1S/C19H29NO3/c21-19(9-15-22-16-10-19)17-5-7-18(8-6-17)23-14-4-13-20-11-2-1-3-12-20/h5-8,21H,1-4,9-16H2. The molecule has 0 saturated carbocycles. The van der Waals surface area contributed by atoms with Crippen molar-refractivity contribution in [2.45, 2.75) is 44.1 Å². The van der Waals surface area contributed by atoms with E-state index >= 15 is 0 Å². The van der Waals surface area contributed by atoms with E-state index in [1.54, 1.807) is 0 Å². The Bertz CT molecular complexity index is 462. The summed E-state index contributed by atoms with van der Waals surface area (Å²) in [5, 5.41) is 10.7. The number of hydrogen-bond donors (Lipinski definition) is 1. The second-order valence-electron chi connectivity index (χ2n) is 6.77. The zero-order chi connectivity index (χ0) is 16.0. The van der Waals surface area contributed by atoms with Gasteiger partial charge in [0, 0.05) is 32.6 Å². The molecule has 4 heteroatoms. The molecule has 0 bridgehead atoms. The number of ether oxygens (including phenoxy) is 2. The van der Waals surface area contributed by atoms with Gasteiger partial charge in [0.05, 0.1) is 12.2 Å².